The Morgan fingerprint density at radius 2 is 2.33 bits per heavy atom. The molecule has 0 radical (unpaired) electrons. The summed E-state index contributed by atoms with van der Waals surface area (Å²) in [7, 11) is 0. The highest BCUT2D eigenvalue weighted by molar-refractivity contribution is 8.00. The van der Waals surface area contributed by atoms with Crippen LogP contribution in [0.5, 0.6) is 0 Å². The lowest BCUT2D eigenvalue weighted by Gasteiger charge is -2.09. The molecule has 1 aromatic rings. The molecule has 1 fully saturated rings. The highest BCUT2D eigenvalue weighted by Crippen LogP contribution is 2.25. The number of pyridine rings is 1. The van der Waals surface area contributed by atoms with Crippen molar-refractivity contribution in [3.63, 3.8) is 0 Å². The number of amides is 1. The van der Waals surface area contributed by atoms with Crippen molar-refractivity contribution in [3.05, 3.63) is 29.6 Å². The number of carbonyl (C=O) groups excluding carboxylic acids is 1. The first kappa shape index (κ1) is 12.9. The molecule has 0 saturated carbocycles. The van der Waals surface area contributed by atoms with Gasteiger partial charge in [0.1, 0.15) is 5.69 Å². The predicted molar refractivity (Wildman–Crippen MR) is 69.0 cm³/mol. The molecule has 5 nitrogen and oxygen atoms in total. The molecular weight excluding hydrogens is 252 g/mol. The van der Waals surface area contributed by atoms with E-state index in [1.54, 1.807) is 0 Å². The molecule has 2 N–H and O–H groups in total. The number of hydrogen-bond donors (Lipinski definition) is 2. The summed E-state index contributed by atoms with van der Waals surface area (Å²) in [5.74, 6) is -0.133. The van der Waals surface area contributed by atoms with Crippen LogP contribution < -0.4 is 5.32 Å². The molecule has 2 heterocycles. The van der Waals surface area contributed by atoms with Crippen LogP contribution in [0, 0.1) is 0 Å². The number of thioether (sulfide) groups is 1. The van der Waals surface area contributed by atoms with E-state index >= 15 is 0 Å². The Hall–Kier alpha value is -1.56. The zero-order chi connectivity index (χ0) is 13.0. The van der Waals surface area contributed by atoms with Crippen molar-refractivity contribution in [1.82, 2.24) is 10.3 Å². The molecule has 2 rings (SSSR count). The van der Waals surface area contributed by atoms with E-state index in [-0.39, 0.29) is 11.6 Å². The molecule has 0 unspecified atom stereocenters. The van der Waals surface area contributed by atoms with Gasteiger partial charge in [-0.05, 0) is 30.7 Å². The van der Waals surface area contributed by atoms with Gasteiger partial charge < -0.3 is 10.4 Å². The lowest BCUT2D eigenvalue weighted by molar-refractivity contribution is 0.0689. The lowest BCUT2D eigenvalue weighted by atomic mass is 10.2. The average Bonchev–Trinajstić information content (AvgIpc) is 2.89. The van der Waals surface area contributed by atoms with Crippen LogP contribution in [0.25, 0.3) is 0 Å². The van der Waals surface area contributed by atoms with E-state index in [0.29, 0.717) is 17.4 Å². The molecule has 1 aliphatic rings. The van der Waals surface area contributed by atoms with Crippen LogP contribution >= 0.6 is 11.8 Å². The van der Waals surface area contributed by atoms with E-state index in [1.165, 1.54) is 24.8 Å². The zero-order valence-corrected chi connectivity index (χ0v) is 10.6. The Kier molecular flexibility index (Phi) is 4.19. The topological polar surface area (TPSA) is 79.3 Å². The third kappa shape index (κ3) is 3.22. The number of carboxylic acid groups (broad SMARTS) is 1. The summed E-state index contributed by atoms with van der Waals surface area (Å²) < 4.78 is 0. The first-order valence-corrected chi connectivity index (χ1v) is 6.81. The molecule has 18 heavy (non-hydrogen) atoms. The SMILES string of the molecule is O=C(NC[C@H]1CCCS1)c1ccc(C(=O)O)nc1. The summed E-state index contributed by atoms with van der Waals surface area (Å²) in [5.41, 5.74) is 0.334. The van der Waals surface area contributed by atoms with Crippen molar-refractivity contribution in [2.75, 3.05) is 12.3 Å². The quantitative estimate of drug-likeness (QED) is 0.861. The van der Waals surface area contributed by atoms with Gasteiger partial charge in [0.05, 0.1) is 5.56 Å². The minimum atomic E-state index is -1.09. The van der Waals surface area contributed by atoms with Gasteiger partial charge in [-0.3, -0.25) is 4.79 Å². The lowest BCUT2D eigenvalue weighted by Crippen LogP contribution is -2.29. The Balaban J connectivity index is 1.89. The molecule has 6 heteroatoms. The molecule has 0 aromatic carbocycles. The second-order valence-electron chi connectivity index (χ2n) is 4.08. The fraction of sp³-hybridized carbons (Fsp3) is 0.417. The smallest absolute Gasteiger partial charge is 0.354 e. The number of aromatic carboxylic acids is 1. The van der Waals surface area contributed by atoms with Crippen LogP contribution in [-0.2, 0) is 0 Å². The number of nitrogens with one attached hydrogen (secondary N) is 1. The van der Waals surface area contributed by atoms with Crippen molar-refractivity contribution in [1.29, 1.82) is 0 Å². The van der Waals surface area contributed by atoms with E-state index in [4.69, 9.17) is 5.11 Å². The van der Waals surface area contributed by atoms with Crippen molar-refractivity contribution < 1.29 is 14.7 Å². The normalized spacial score (nSPS) is 18.6. The fourth-order valence-corrected chi connectivity index (χ4v) is 2.97. The van der Waals surface area contributed by atoms with Gasteiger partial charge in [-0.2, -0.15) is 11.8 Å². The molecule has 1 atom stereocenters. The van der Waals surface area contributed by atoms with Crippen LogP contribution in [0.4, 0.5) is 0 Å². The predicted octanol–water partition coefficient (Wildman–Crippen LogP) is 1.41. The van der Waals surface area contributed by atoms with Gasteiger partial charge >= 0.3 is 5.97 Å². The molecule has 1 saturated heterocycles. The summed E-state index contributed by atoms with van der Waals surface area (Å²) >= 11 is 1.88. The molecule has 96 valence electrons. The van der Waals surface area contributed by atoms with Crippen LogP contribution in [-0.4, -0.2) is 39.5 Å². The number of rotatable bonds is 4. The van der Waals surface area contributed by atoms with Crippen LogP contribution in [0.2, 0.25) is 0 Å². The molecule has 1 aromatic heterocycles. The molecule has 0 aliphatic carbocycles. The molecule has 0 spiro atoms. The van der Waals surface area contributed by atoms with E-state index in [1.807, 2.05) is 11.8 Å². The monoisotopic (exact) mass is 266 g/mol. The summed E-state index contributed by atoms with van der Waals surface area (Å²) in [6.45, 7) is 0.657. The number of hydrogen-bond acceptors (Lipinski definition) is 4. The fourth-order valence-electron chi connectivity index (χ4n) is 1.77. The molecular formula is C12H14N2O3S. The third-order valence-electron chi connectivity index (χ3n) is 2.76. The first-order valence-electron chi connectivity index (χ1n) is 5.76. The van der Waals surface area contributed by atoms with Crippen LogP contribution in [0.3, 0.4) is 0 Å². The molecule has 1 aliphatic heterocycles. The van der Waals surface area contributed by atoms with Crippen LogP contribution in [0.1, 0.15) is 33.7 Å². The van der Waals surface area contributed by atoms with Gasteiger partial charge in [-0.25, -0.2) is 9.78 Å². The van der Waals surface area contributed by atoms with Crippen molar-refractivity contribution in [2.24, 2.45) is 0 Å². The Morgan fingerprint density at radius 3 is 2.89 bits per heavy atom. The van der Waals surface area contributed by atoms with Crippen molar-refractivity contribution in [3.8, 4) is 0 Å². The Labute approximate surface area is 109 Å². The summed E-state index contributed by atoms with van der Waals surface area (Å²) in [6.07, 6.45) is 3.64. The minimum Gasteiger partial charge on any atom is -0.477 e. The van der Waals surface area contributed by atoms with E-state index in [9.17, 15) is 9.59 Å². The maximum Gasteiger partial charge on any atom is 0.354 e. The summed E-state index contributed by atoms with van der Waals surface area (Å²) in [6, 6.07) is 2.81. The number of carbonyl (C=O) groups is 2. The minimum absolute atomic E-state index is 0.0575. The maximum absolute atomic E-state index is 11.8. The van der Waals surface area contributed by atoms with Gasteiger partial charge in [0.25, 0.3) is 5.91 Å². The highest BCUT2D eigenvalue weighted by atomic mass is 32.2. The number of nitrogens with zero attached hydrogens (tertiary/aromatic N) is 1. The first-order chi connectivity index (χ1) is 8.66. The molecule has 0 bridgehead atoms. The second kappa shape index (κ2) is 5.86. The molecule has 1 amide bonds. The van der Waals surface area contributed by atoms with Gasteiger partial charge in [0, 0.05) is 18.0 Å². The average molecular weight is 266 g/mol. The summed E-state index contributed by atoms with van der Waals surface area (Å²) in [5, 5.41) is 12.0. The zero-order valence-electron chi connectivity index (χ0n) is 9.76. The van der Waals surface area contributed by atoms with E-state index in [0.717, 1.165) is 12.2 Å². The van der Waals surface area contributed by atoms with E-state index in [2.05, 4.69) is 10.3 Å². The Bertz CT molecular complexity index is 441. The third-order valence-corrected chi connectivity index (χ3v) is 4.16. The second-order valence-corrected chi connectivity index (χ2v) is 5.49. The van der Waals surface area contributed by atoms with Gasteiger partial charge in [-0.1, -0.05) is 0 Å². The maximum atomic E-state index is 11.8. The largest absolute Gasteiger partial charge is 0.477 e. The number of carboxylic acids is 1. The van der Waals surface area contributed by atoms with Crippen molar-refractivity contribution >= 4 is 23.6 Å². The van der Waals surface area contributed by atoms with Gasteiger partial charge in [-0.15, -0.1) is 0 Å². The standard InChI is InChI=1S/C12H14N2O3S/c15-11(14-7-9-2-1-5-18-9)8-3-4-10(12(16)17)13-6-8/h3-4,6,9H,1-2,5,7H2,(H,14,15)(H,16,17)/t9-/m1/s1. The summed E-state index contributed by atoms with van der Waals surface area (Å²) in [4.78, 5) is 26.1. The van der Waals surface area contributed by atoms with Crippen molar-refractivity contribution in [2.45, 2.75) is 18.1 Å². The number of aromatic nitrogens is 1. The van der Waals surface area contributed by atoms with Gasteiger partial charge in [0.2, 0.25) is 0 Å². The van der Waals surface area contributed by atoms with E-state index < -0.39 is 5.97 Å². The Morgan fingerprint density at radius 1 is 1.50 bits per heavy atom. The van der Waals surface area contributed by atoms with Crippen LogP contribution in [0.15, 0.2) is 18.3 Å². The highest BCUT2D eigenvalue weighted by Gasteiger charge is 2.17. The van der Waals surface area contributed by atoms with Gasteiger partial charge in [0.15, 0.2) is 0 Å².